The highest BCUT2D eigenvalue weighted by atomic mass is 32.1. The minimum absolute atomic E-state index is 0.114. The normalized spacial score (nSPS) is 14.0. The molecule has 1 saturated heterocycles. The molecule has 0 aromatic carbocycles. The molecule has 4 rings (SSSR count). The third-order valence-electron chi connectivity index (χ3n) is 5.14. The van der Waals surface area contributed by atoms with Gasteiger partial charge in [0.25, 0.3) is 5.91 Å². The van der Waals surface area contributed by atoms with Crippen LogP contribution < -0.4 is 10.3 Å². The molecular weight excluding hydrogens is 410 g/mol. The number of hydroxylamine groups is 2. The van der Waals surface area contributed by atoms with Crippen molar-refractivity contribution in [1.82, 2.24) is 19.6 Å². The molecule has 0 saturated carbocycles. The van der Waals surface area contributed by atoms with Gasteiger partial charge >= 0.3 is 5.97 Å². The van der Waals surface area contributed by atoms with Crippen molar-refractivity contribution in [2.24, 2.45) is 5.92 Å². The summed E-state index contributed by atoms with van der Waals surface area (Å²) >= 11 is 1.31. The zero-order chi connectivity index (χ0) is 21.6. The number of aryl methyl sites for hydroxylation is 1. The molecule has 1 aliphatic rings. The van der Waals surface area contributed by atoms with Crippen molar-refractivity contribution < 1.29 is 19.5 Å². The van der Waals surface area contributed by atoms with Gasteiger partial charge in [0.05, 0.1) is 18.4 Å². The highest BCUT2D eigenvalue weighted by Crippen LogP contribution is 2.29. The van der Waals surface area contributed by atoms with Crippen LogP contribution in [0.4, 0.5) is 5.82 Å². The van der Waals surface area contributed by atoms with Crippen LogP contribution in [-0.4, -0.2) is 63.8 Å². The van der Waals surface area contributed by atoms with Gasteiger partial charge in [-0.2, -0.15) is 0 Å². The van der Waals surface area contributed by atoms with Gasteiger partial charge in [-0.1, -0.05) is 0 Å². The van der Waals surface area contributed by atoms with Crippen LogP contribution in [0, 0.1) is 12.8 Å². The molecule has 0 atom stereocenters. The Morgan fingerprint density at radius 3 is 2.70 bits per heavy atom. The van der Waals surface area contributed by atoms with Crippen LogP contribution in [0.3, 0.4) is 0 Å². The lowest BCUT2D eigenvalue weighted by molar-refractivity contribution is -0.174. The van der Waals surface area contributed by atoms with E-state index in [1.807, 2.05) is 4.90 Å². The lowest BCUT2D eigenvalue weighted by atomic mass is 9.98. The van der Waals surface area contributed by atoms with Crippen molar-refractivity contribution in [2.75, 3.05) is 32.1 Å². The summed E-state index contributed by atoms with van der Waals surface area (Å²) < 4.78 is 1.53. The van der Waals surface area contributed by atoms with Gasteiger partial charge in [0.2, 0.25) is 5.43 Å². The molecule has 1 aliphatic heterocycles. The molecule has 0 bridgehead atoms. The Hall–Kier alpha value is -3.31. The number of fused-ring (bicyclic) bond motifs is 1. The molecule has 1 fully saturated rings. The zero-order valence-electron chi connectivity index (χ0n) is 16.5. The summed E-state index contributed by atoms with van der Waals surface area (Å²) in [6.07, 6.45) is 2.86. The van der Waals surface area contributed by atoms with Crippen molar-refractivity contribution in [3.63, 3.8) is 0 Å². The van der Waals surface area contributed by atoms with E-state index in [4.69, 9.17) is 4.84 Å². The third kappa shape index (κ3) is 3.21. The van der Waals surface area contributed by atoms with E-state index in [1.165, 1.54) is 34.3 Å². The second-order valence-corrected chi connectivity index (χ2v) is 7.85. The monoisotopic (exact) mass is 429 g/mol. The number of nitrogens with zero attached hydrogens (tertiary/aromatic N) is 5. The molecule has 0 unspecified atom stereocenters. The van der Waals surface area contributed by atoms with Gasteiger partial charge in [0, 0.05) is 37.9 Å². The fourth-order valence-corrected chi connectivity index (χ4v) is 4.06. The summed E-state index contributed by atoms with van der Waals surface area (Å²) in [5.41, 5.74) is 0.0173. The van der Waals surface area contributed by atoms with E-state index in [0.29, 0.717) is 35.2 Å². The number of carboxylic acids is 1. The molecular formula is C19H19N5O5S. The maximum absolute atomic E-state index is 12.8. The number of thiazole rings is 1. The predicted octanol–water partition coefficient (Wildman–Crippen LogP) is 1.30. The van der Waals surface area contributed by atoms with Gasteiger partial charge in [-0.3, -0.25) is 19.0 Å². The van der Waals surface area contributed by atoms with E-state index >= 15 is 0 Å². The lowest BCUT2D eigenvalue weighted by Crippen LogP contribution is -2.54. The summed E-state index contributed by atoms with van der Waals surface area (Å²) in [6.45, 7) is 2.69. The molecule has 11 heteroatoms. The number of pyridine rings is 2. The third-order valence-corrected chi connectivity index (χ3v) is 5.91. The van der Waals surface area contributed by atoms with Gasteiger partial charge < -0.3 is 10.0 Å². The smallest absolute Gasteiger partial charge is 0.341 e. The molecule has 10 nitrogen and oxygen atoms in total. The average Bonchev–Trinajstić information content (AvgIpc) is 3.20. The standard InChI is InChI=1S/C19H19N5O5S/c1-10-6-13(23-7-11(8-23)17(26)22(2)29-3)21-16-14(10)15(25)12(18(27)28)9-24(16)19-20-4-5-30-19/h4-6,9,11H,7-8H2,1-3H3,(H,27,28). The van der Waals surface area contributed by atoms with Crippen molar-refractivity contribution in [3.8, 4) is 5.13 Å². The fraction of sp³-hybridized carbons (Fsp3) is 0.316. The number of carboxylic acid groups (broad SMARTS) is 1. The Labute approximate surface area is 174 Å². The van der Waals surface area contributed by atoms with Gasteiger partial charge in [0.1, 0.15) is 11.4 Å². The number of aromatic carboxylic acids is 1. The van der Waals surface area contributed by atoms with E-state index in [9.17, 15) is 19.5 Å². The maximum atomic E-state index is 12.8. The second kappa shape index (κ2) is 7.50. The molecule has 3 aromatic rings. The Balaban J connectivity index is 1.80. The minimum Gasteiger partial charge on any atom is -0.477 e. The minimum atomic E-state index is -1.30. The summed E-state index contributed by atoms with van der Waals surface area (Å²) in [6, 6.07) is 1.74. The van der Waals surface area contributed by atoms with Crippen LogP contribution in [-0.2, 0) is 9.63 Å². The first-order chi connectivity index (χ1) is 14.3. The molecule has 0 radical (unpaired) electrons. The molecule has 1 amide bonds. The molecule has 3 aromatic heterocycles. The number of carbonyl (C=O) groups is 2. The molecule has 156 valence electrons. The quantitative estimate of drug-likeness (QED) is 0.603. The topological polar surface area (TPSA) is 118 Å². The lowest BCUT2D eigenvalue weighted by Gasteiger charge is -2.40. The second-order valence-electron chi connectivity index (χ2n) is 6.98. The maximum Gasteiger partial charge on any atom is 0.341 e. The number of aromatic nitrogens is 3. The van der Waals surface area contributed by atoms with Gasteiger partial charge in [-0.15, -0.1) is 11.3 Å². The summed E-state index contributed by atoms with van der Waals surface area (Å²) in [7, 11) is 3.00. The molecule has 1 N–H and O–H groups in total. The molecule has 0 spiro atoms. The van der Waals surface area contributed by atoms with Crippen molar-refractivity contribution in [2.45, 2.75) is 6.92 Å². The first kappa shape index (κ1) is 20.0. The van der Waals surface area contributed by atoms with Crippen molar-refractivity contribution in [3.05, 3.63) is 45.2 Å². The van der Waals surface area contributed by atoms with Crippen molar-refractivity contribution >= 4 is 40.1 Å². The number of hydrogen-bond donors (Lipinski definition) is 1. The van der Waals surface area contributed by atoms with Crippen LogP contribution >= 0.6 is 11.3 Å². The Bertz CT molecular complexity index is 1200. The highest BCUT2D eigenvalue weighted by molar-refractivity contribution is 7.12. The van der Waals surface area contributed by atoms with Crippen LogP contribution in [0.2, 0.25) is 0 Å². The van der Waals surface area contributed by atoms with E-state index in [2.05, 4.69) is 9.97 Å². The average molecular weight is 429 g/mol. The van der Waals surface area contributed by atoms with Crippen LogP contribution in [0.5, 0.6) is 0 Å². The van der Waals surface area contributed by atoms with Gasteiger partial charge in [-0.05, 0) is 18.6 Å². The van der Waals surface area contributed by atoms with Crippen molar-refractivity contribution in [1.29, 1.82) is 0 Å². The van der Waals surface area contributed by atoms with E-state index in [0.717, 1.165) is 0 Å². The molecule has 30 heavy (non-hydrogen) atoms. The SMILES string of the molecule is CON(C)C(=O)C1CN(c2cc(C)c3c(=O)c(C(=O)O)cn(-c4nccs4)c3n2)C1. The number of amides is 1. The molecule has 4 heterocycles. The van der Waals surface area contributed by atoms with Crippen LogP contribution in [0.1, 0.15) is 15.9 Å². The predicted molar refractivity (Wildman–Crippen MR) is 110 cm³/mol. The number of carbonyl (C=O) groups excluding carboxylic acids is 1. The highest BCUT2D eigenvalue weighted by Gasteiger charge is 2.36. The summed E-state index contributed by atoms with van der Waals surface area (Å²) in [5.74, 6) is -1.01. The van der Waals surface area contributed by atoms with Crippen LogP contribution in [0.25, 0.3) is 16.2 Å². The molecule has 0 aliphatic carbocycles. The first-order valence-electron chi connectivity index (χ1n) is 9.08. The Morgan fingerprint density at radius 1 is 1.37 bits per heavy atom. The van der Waals surface area contributed by atoms with E-state index in [1.54, 1.807) is 31.6 Å². The largest absolute Gasteiger partial charge is 0.477 e. The number of anilines is 1. The first-order valence-corrected chi connectivity index (χ1v) is 9.96. The number of rotatable bonds is 5. The van der Waals surface area contributed by atoms with Crippen LogP contribution in [0.15, 0.2) is 28.6 Å². The number of hydrogen-bond acceptors (Lipinski definition) is 8. The van der Waals surface area contributed by atoms with Gasteiger partial charge in [-0.25, -0.2) is 19.8 Å². The van der Waals surface area contributed by atoms with E-state index < -0.39 is 11.4 Å². The zero-order valence-corrected chi connectivity index (χ0v) is 17.3. The summed E-state index contributed by atoms with van der Waals surface area (Å²) in [5, 5.41) is 13.2. The fourth-order valence-electron chi connectivity index (χ4n) is 3.44. The Kier molecular flexibility index (Phi) is 5.00. The van der Waals surface area contributed by atoms with Gasteiger partial charge in [0.15, 0.2) is 10.8 Å². The Morgan fingerprint density at radius 2 is 2.10 bits per heavy atom. The summed E-state index contributed by atoms with van der Waals surface area (Å²) in [4.78, 5) is 52.4. The van der Waals surface area contributed by atoms with E-state index in [-0.39, 0.29) is 22.8 Å².